The molecule has 2 bridgehead atoms. The number of hydrogen-bond acceptors (Lipinski definition) is 19. The number of rotatable bonds is 21. The van der Waals surface area contributed by atoms with Crippen molar-refractivity contribution < 1.29 is 35.9 Å². The summed E-state index contributed by atoms with van der Waals surface area (Å²) in [7, 11) is -4.23. The number of sulfonamides is 2. The number of pyridine rings is 3. The minimum Gasteiger partial charge on any atom is -0.477 e. The maximum atomic E-state index is 14.0. The lowest BCUT2D eigenvalue weighted by Gasteiger charge is -2.37. The molecule has 9 heterocycles. The third kappa shape index (κ3) is 11.0. The van der Waals surface area contributed by atoms with Gasteiger partial charge in [0.2, 0.25) is 25.9 Å². The fourth-order valence-electron chi connectivity index (χ4n) is 10.3. The Labute approximate surface area is 451 Å². The van der Waals surface area contributed by atoms with E-state index in [-0.39, 0.29) is 51.4 Å². The Bertz CT molecular complexity index is 3560. The topological polar surface area (TPSA) is 270 Å². The van der Waals surface area contributed by atoms with E-state index in [0.29, 0.717) is 72.0 Å². The molecule has 0 spiro atoms. The number of halogens is 1. The second kappa shape index (κ2) is 20.9. The van der Waals surface area contributed by atoms with Crippen LogP contribution in [-0.2, 0) is 24.8 Å². The Balaban J connectivity index is 0.733. The zero-order valence-corrected chi connectivity index (χ0v) is 45.5. The monoisotopic (exact) mass is 1130 g/mol. The Kier molecular flexibility index (Phi) is 14.3. The molecule has 4 unspecified atom stereocenters. The van der Waals surface area contributed by atoms with Gasteiger partial charge < -0.3 is 25.0 Å². The van der Waals surface area contributed by atoms with Crippen LogP contribution >= 0.6 is 34.3 Å². The first kappa shape index (κ1) is 51.8. The first-order valence-corrected chi connectivity index (χ1v) is 29.7. The number of likely N-dealkylation sites (N-methyl/N-ethyl adjacent to an activating group) is 1. The van der Waals surface area contributed by atoms with Crippen LogP contribution in [0.4, 0.5) is 11.4 Å². The van der Waals surface area contributed by atoms with Gasteiger partial charge in [-0.25, -0.2) is 36.3 Å². The summed E-state index contributed by atoms with van der Waals surface area (Å²) >= 11 is 8.61. The predicted molar refractivity (Wildman–Crippen MR) is 286 cm³/mol. The Hall–Kier alpha value is -6.26. The lowest BCUT2D eigenvalue weighted by molar-refractivity contribution is 0.00696. The lowest BCUT2D eigenvalue weighted by Crippen LogP contribution is -2.49. The number of nitrogens with one attached hydrogen (secondary N) is 4. The van der Waals surface area contributed by atoms with Gasteiger partial charge in [0.25, 0.3) is 11.8 Å². The van der Waals surface area contributed by atoms with E-state index in [4.69, 9.17) is 21.1 Å². The summed E-state index contributed by atoms with van der Waals surface area (Å²) in [4.78, 5) is 59.8. The average molecular weight is 1130 g/mol. The van der Waals surface area contributed by atoms with Crippen LogP contribution in [0.3, 0.4) is 0 Å². The summed E-state index contributed by atoms with van der Waals surface area (Å²) in [6.07, 6.45) is 14.3. The molecule has 9 atom stereocenters. The second-order valence-electron chi connectivity index (χ2n) is 19.6. The third-order valence-electron chi connectivity index (χ3n) is 14.1. The van der Waals surface area contributed by atoms with Crippen LogP contribution in [0.25, 0.3) is 26.5 Å². The zero-order chi connectivity index (χ0) is 53.0. The number of carbonyl (C=O) groups excluding carboxylic acids is 2. The van der Waals surface area contributed by atoms with Crippen LogP contribution in [0.5, 0.6) is 5.88 Å². The first-order valence-electron chi connectivity index (χ1n) is 24.6. The fraction of sp³-hybridized carbons (Fsp3) is 0.408. The Morgan fingerprint density at radius 2 is 1.50 bits per heavy atom. The predicted octanol–water partition coefficient (Wildman–Crippen LogP) is 5.54. The number of ether oxygens (including phenoxy) is 2. The number of thiazole rings is 2. The smallest absolute Gasteiger partial charge is 0.280 e. The number of amides is 2. The molecule has 0 radical (unpaired) electrons. The number of hydrogen-bond donors (Lipinski definition) is 4. The van der Waals surface area contributed by atoms with Crippen molar-refractivity contribution in [2.45, 2.75) is 73.9 Å². The van der Waals surface area contributed by atoms with Gasteiger partial charge in [-0.05, 0) is 95.4 Å². The molecule has 2 aliphatic heterocycles. The van der Waals surface area contributed by atoms with Crippen molar-refractivity contribution in [2.75, 3.05) is 49.8 Å². The highest BCUT2D eigenvalue weighted by Gasteiger charge is 2.62. The van der Waals surface area contributed by atoms with Gasteiger partial charge in [0.15, 0.2) is 10.0 Å². The van der Waals surface area contributed by atoms with Gasteiger partial charge in [0.05, 0.1) is 98.5 Å². The van der Waals surface area contributed by atoms with Crippen molar-refractivity contribution in [2.24, 2.45) is 11.8 Å². The molecular formula is C49H53ClN14O8S4. The van der Waals surface area contributed by atoms with Gasteiger partial charge >= 0.3 is 0 Å². The van der Waals surface area contributed by atoms with Gasteiger partial charge in [-0.3, -0.25) is 38.9 Å². The van der Waals surface area contributed by atoms with Crippen LogP contribution in [-0.4, -0.2) is 147 Å². The molecule has 2 amide bonds. The second-order valence-corrected chi connectivity index (χ2v) is 25.9. The maximum absolute atomic E-state index is 14.0. The Morgan fingerprint density at radius 1 is 0.842 bits per heavy atom. The van der Waals surface area contributed by atoms with E-state index in [1.54, 1.807) is 65.8 Å². The van der Waals surface area contributed by atoms with Gasteiger partial charge in [-0.2, -0.15) is 5.10 Å². The van der Waals surface area contributed by atoms with Crippen LogP contribution in [0.15, 0.2) is 86.0 Å². The number of fused-ring (bicyclic) bond motifs is 3. The van der Waals surface area contributed by atoms with Crippen molar-refractivity contribution in [3.8, 4) is 26.9 Å². The number of morpholine rings is 1. The molecule has 2 aliphatic carbocycles. The van der Waals surface area contributed by atoms with Crippen molar-refractivity contribution in [1.82, 2.24) is 60.0 Å². The molecule has 2 saturated carbocycles. The largest absolute Gasteiger partial charge is 0.477 e. The summed E-state index contributed by atoms with van der Waals surface area (Å²) in [5, 5.41) is 9.90. The maximum Gasteiger partial charge on any atom is 0.280 e. The number of aromatic nitrogens is 8. The highest BCUT2D eigenvalue weighted by atomic mass is 35.5. The highest BCUT2D eigenvalue weighted by Crippen LogP contribution is 2.56. The molecule has 2 saturated heterocycles. The molecule has 11 rings (SSSR count). The molecule has 27 heteroatoms. The van der Waals surface area contributed by atoms with E-state index in [9.17, 15) is 26.4 Å². The first-order chi connectivity index (χ1) is 36.5. The molecule has 4 N–H and O–H groups in total. The summed E-state index contributed by atoms with van der Waals surface area (Å²) in [6.45, 7) is 5.88. The molecule has 7 aromatic rings. The van der Waals surface area contributed by atoms with E-state index in [2.05, 4.69) is 60.0 Å². The number of carbonyl (C=O) groups is 2. The highest BCUT2D eigenvalue weighted by molar-refractivity contribution is 7.94. The Morgan fingerprint density at radius 3 is 2.16 bits per heavy atom. The molecular weight excluding hydrogens is 1080 g/mol. The van der Waals surface area contributed by atoms with E-state index in [1.165, 1.54) is 36.0 Å². The molecule has 398 valence electrons. The van der Waals surface area contributed by atoms with Crippen LogP contribution in [0.2, 0.25) is 5.02 Å². The van der Waals surface area contributed by atoms with Crippen LogP contribution in [0.1, 0.15) is 76.2 Å². The summed E-state index contributed by atoms with van der Waals surface area (Å²) < 4.78 is 74.3. The number of nitrogens with zero attached hydrogens (tertiary/aromatic N) is 10. The van der Waals surface area contributed by atoms with Crippen molar-refractivity contribution >= 4 is 83.0 Å². The molecule has 4 fully saturated rings. The fourth-order valence-corrected chi connectivity index (χ4v) is 15.5. The zero-order valence-electron chi connectivity index (χ0n) is 41.5. The normalized spacial score (nSPS) is 22.3. The van der Waals surface area contributed by atoms with E-state index in [0.717, 1.165) is 33.7 Å². The van der Waals surface area contributed by atoms with Crippen molar-refractivity contribution in [1.29, 1.82) is 0 Å². The van der Waals surface area contributed by atoms with Gasteiger partial charge in [-0.15, -0.1) is 22.7 Å². The van der Waals surface area contributed by atoms with Gasteiger partial charge in [0.1, 0.15) is 5.69 Å². The standard InChI is InChI=1S/C49H53ClN14O8S4/c1-5-71-44-22-51-19-37(57-44)41-21-55-49(74-41)47(66)59-45(26(2)63-23-31-15-30(63)25-72-31)36-14-29(7-10-53-36)61-76(69,70)43-17-33(43)32-16-42(32)75(67,68)60-28-6-9-52-35(13-28)38(24-62(3)4)58-46(65)48-54-20-40(73-48)34-18-56-64-11-8-27(50)12-39(34)64/h6-14,18-22,26,30-33,38,42-43,45H,5,15-17,23-25H2,1-4H3,(H,52,60)(H,53,61)(H,58,65)(H,59,66)/t26-,30+,31+,32?,33?,38+,42?,43?,45-/m0/s1. The minimum atomic E-state index is -3.97. The molecule has 4 aliphatic rings. The van der Waals surface area contributed by atoms with Crippen LogP contribution < -0.4 is 24.8 Å². The third-order valence-corrected chi connectivity index (χ3v) is 20.1. The summed E-state index contributed by atoms with van der Waals surface area (Å²) in [5.74, 6) is -1.25. The van der Waals surface area contributed by atoms with Gasteiger partial charge in [-0.1, -0.05) is 11.6 Å². The van der Waals surface area contributed by atoms with E-state index < -0.39 is 54.4 Å². The average Bonchev–Trinajstić information content (AvgIpc) is 4.01. The van der Waals surface area contributed by atoms with Crippen molar-refractivity contribution in [3.63, 3.8) is 0 Å². The van der Waals surface area contributed by atoms with Crippen LogP contribution in [0, 0.1) is 11.8 Å². The molecule has 76 heavy (non-hydrogen) atoms. The molecule has 7 aromatic heterocycles. The molecule has 22 nitrogen and oxygen atoms in total. The van der Waals surface area contributed by atoms with Crippen molar-refractivity contribution in [3.05, 3.63) is 112 Å². The quantitative estimate of drug-likeness (QED) is 0.0688. The summed E-state index contributed by atoms with van der Waals surface area (Å²) in [6, 6.07) is 8.42. The molecule has 0 aromatic carbocycles. The summed E-state index contributed by atoms with van der Waals surface area (Å²) in [5.41, 5.74) is 3.45. The lowest BCUT2D eigenvalue weighted by atomic mass is 10.0. The minimum absolute atomic E-state index is 0.0899. The number of anilines is 2. The number of likely N-dealkylation sites (tertiary alicyclic amines) is 1. The van der Waals surface area contributed by atoms with E-state index >= 15 is 0 Å². The van der Waals surface area contributed by atoms with Gasteiger partial charge in [0, 0.05) is 66.7 Å². The SMILES string of the molecule is CCOc1cncc(-c2cnc(C(=O)N[C@H](c3cc(NS(=O)(=O)C4CC4C4CC4S(=O)(=O)Nc4ccnc([C@@H](CN(C)C)NC(=O)c5ncc(-c6cnn7ccc(Cl)cc67)s5)c4)ccn3)[C@H](C)N3C[C@H]4C[C@@H]3CO4)s2)n1. The van der Waals surface area contributed by atoms with E-state index in [1.807, 2.05) is 32.8 Å².